The van der Waals surface area contributed by atoms with E-state index < -0.39 is 0 Å². The van der Waals surface area contributed by atoms with E-state index in [0.29, 0.717) is 0 Å². The molecule has 0 saturated carbocycles. The second-order valence-electron chi connectivity index (χ2n) is 12.8. The summed E-state index contributed by atoms with van der Waals surface area (Å²) in [7, 11) is 0. The molecule has 3 nitrogen and oxygen atoms in total. The van der Waals surface area contributed by atoms with Crippen LogP contribution >= 0.6 is 0 Å². The van der Waals surface area contributed by atoms with Gasteiger partial charge >= 0.3 is 0 Å². The number of hydrogen-bond donors (Lipinski definition) is 0. The maximum Gasteiger partial charge on any atom is 0.145 e. The van der Waals surface area contributed by atoms with Crippen LogP contribution in [0.15, 0.2) is 186 Å². The van der Waals surface area contributed by atoms with Crippen LogP contribution < -0.4 is 0 Å². The molecular weight excluding hydrogens is 609 g/mol. The van der Waals surface area contributed by atoms with Crippen LogP contribution in [0.1, 0.15) is 0 Å². The molecule has 0 bridgehead atoms. The van der Waals surface area contributed by atoms with Crippen molar-refractivity contribution in [3.05, 3.63) is 182 Å². The van der Waals surface area contributed by atoms with Crippen molar-refractivity contribution in [1.29, 1.82) is 0 Å². The molecule has 0 saturated heterocycles. The van der Waals surface area contributed by atoms with Gasteiger partial charge in [0.2, 0.25) is 0 Å². The van der Waals surface area contributed by atoms with Crippen molar-refractivity contribution < 1.29 is 4.42 Å². The molecule has 0 aliphatic rings. The smallest absolute Gasteiger partial charge is 0.145 e. The predicted octanol–water partition coefficient (Wildman–Crippen LogP) is 12.7. The molecule has 0 fully saturated rings. The summed E-state index contributed by atoms with van der Waals surface area (Å²) in [6.45, 7) is 0. The Balaban J connectivity index is 1.02. The van der Waals surface area contributed by atoms with Crippen LogP contribution in [0.2, 0.25) is 0 Å². The molecule has 0 atom stereocenters. The predicted molar refractivity (Wildman–Crippen MR) is 208 cm³/mol. The van der Waals surface area contributed by atoms with Gasteiger partial charge in [-0.05, 0) is 75.0 Å². The monoisotopic (exact) mass is 638 g/mol. The van der Waals surface area contributed by atoms with Gasteiger partial charge in [0.15, 0.2) is 0 Å². The van der Waals surface area contributed by atoms with E-state index in [0.717, 1.165) is 72.3 Å². The number of aromatic nitrogens is 2. The molecule has 2 heterocycles. The summed E-state index contributed by atoms with van der Waals surface area (Å²) < 4.78 is 8.76. The van der Waals surface area contributed by atoms with Crippen LogP contribution in [0.3, 0.4) is 0 Å². The third kappa shape index (κ3) is 4.63. The van der Waals surface area contributed by atoms with Gasteiger partial charge in [-0.15, -0.1) is 0 Å². The van der Waals surface area contributed by atoms with Crippen molar-refractivity contribution in [2.45, 2.75) is 0 Å². The molecule has 0 unspecified atom stereocenters. The Labute approximate surface area is 289 Å². The topological polar surface area (TPSA) is 31.0 Å². The number of rotatable bonds is 5. The Kier molecular flexibility index (Phi) is 6.49. The summed E-state index contributed by atoms with van der Waals surface area (Å²) >= 11 is 0. The molecule has 234 valence electrons. The molecule has 3 heteroatoms. The van der Waals surface area contributed by atoms with E-state index in [-0.39, 0.29) is 0 Å². The zero-order valence-corrected chi connectivity index (χ0v) is 27.1. The van der Waals surface area contributed by atoms with Gasteiger partial charge in [-0.3, -0.25) is 4.57 Å². The number of nitrogens with zero attached hydrogens (tertiary/aromatic N) is 2. The molecule has 8 aromatic carbocycles. The Morgan fingerprint density at radius 1 is 0.420 bits per heavy atom. The SMILES string of the molecule is c1ccc(-c2ccc(-c3nc4ccccc4n3-c3ccc(-c4ccc(-c5c6ccccc6cc6c5oc5ccccc56)cc4)cc3)cc2)cc1. The van der Waals surface area contributed by atoms with Gasteiger partial charge in [-0.25, -0.2) is 4.98 Å². The Morgan fingerprint density at radius 3 is 1.74 bits per heavy atom. The van der Waals surface area contributed by atoms with E-state index in [1.54, 1.807) is 0 Å². The molecule has 0 aliphatic carbocycles. The van der Waals surface area contributed by atoms with Gasteiger partial charge in [0.25, 0.3) is 0 Å². The summed E-state index contributed by atoms with van der Waals surface area (Å²) in [4.78, 5) is 5.09. The lowest BCUT2D eigenvalue weighted by Crippen LogP contribution is -1.97. The number of fused-ring (bicyclic) bond motifs is 5. The second kappa shape index (κ2) is 11.5. The first-order chi connectivity index (χ1) is 24.8. The number of para-hydroxylation sites is 3. The van der Waals surface area contributed by atoms with Crippen LogP contribution in [0.4, 0.5) is 0 Å². The molecule has 50 heavy (non-hydrogen) atoms. The summed E-state index contributed by atoms with van der Waals surface area (Å²) in [5.41, 5.74) is 13.0. The average molecular weight is 639 g/mol. The van der Waals surface area contributed by atoms with Gasteiger partial charge in [-0.1, -0.05) is 146 Å². The standard InChI is InChI=1S/C47H30N2O/c1-2-10-31(11-3-1)32-20-24-36(25-21-32)47-48-42-15-7-8-16-43(42)49(47)38-28-26-34(27-29-38)33-18-22-35(23-19-33)45-39-13-5-4-12-37(39)30-41-40-14-6-9-17-44(40)50-46(41)45/h1-30H. The highest BCUT2D eigenvalue weighted by Crippen LogP contribution is 2.41. The molecule has 10 aromatic rings. The Morgan fingerprint density at radius 2 is 0.980 bits per heavy atom. The molecule has 0 radical (unpaired) electrons. The number of benzene rings is 8. The first-order valence-electron chi connectivity index (χ1n) is 17.0. The van der Waals surface area contributed by atoms with Crippen molar-refractivity contribution in [2.24, 2.45) is 0 Å². The first-order valence-corrected chi connectivity index (χ1v) is 17.0. The minimum Gasteiger partial charge on any atom is -0.455 e. The third-order valence-electron chi connectivity index (χ3n) is 9.83. The number of imidazole rings is 1. The maximum atomic E-state index is 6.50. The molecule has 0 N–H and O–H groups in total. The van der Waals surface area contributed by atoms with Gasteiger partial charge in [0, 0.05) is 27.6 Å². The normalized spacial score (nSPS) is 11.6. The lowest BCUT2D eigenvalue weighted by molar-refractivity contribution is 0.670. The zero-order chi connectivity index (χ0) is 33.0. The van der Waals surface area contributed by atoms with E-state index >= 15 is 0 Å². The average Bonchev–Trinajstić information content (AvgIpc) is 3.76. The molecule has 2 aromatic heterocycles. The molecule has 10 rings (SSSR count). The largest absolute Gasteiger partial charge is 0.455 e. The van der Waals surface area contributed by atoms with Crippen LogP contribution in [0, 0.1) is 0 Å². The molecule has 0 spiro atoms. The fraction of sp³-hybridized carbons (Fsp3) is 0. The summed E-state index contributed by atoms with van der Waals surface area (Å²) in [6.07, 6.45) is 0. The van der Waals surface area contributed by atoms with Gasteiger partial charge in [0.1, 0.15) is 17.0 Å². The highest BCUT2D eigenvalue weighted by Gasteiger charge is 2.17. The number of hydrogen-bond acceptors (Lipinski definition) is 2. The molecule has 0 amide bonds. The van der Waals surface area contributed by atoms with Crippen molar-refractivity contribution in [2.75, 3.05) is 0 Å². The minimum absolute atomic E-state index is 0.911. The lowest BCUT2D eigenvalue weighted by atomic mass is 9.94. The zero-order valence-electron chi connectivity index (χ0n) is 27.1. The fourth-order valence-corrected chi connectivity index (χ4v) is 7.36. The van der Waals surface area contributed by atoms with Crippen LogP contribution in [-0.4, -0.2) is 9.55 Å². The van der Waals surface area contributed by atoms with Crippen LogP contribution in [0.25, 0.3) is 94.2 Å². The van der Waals surface area contributed by atoms with Crippen molar-refractivity contribution >= 4 is 43.7 Å². The molecular formula is C47H30N2O. The van der Waals surface area contributed by atoms with E-state index in [1.807, 2.05) is 24.3 Å². The van der Waals surface area contributed by atoms with E-state index in [4.69, 9.17) is 9.40 Å². The summed E-state index contributed by atoms with van der Waals surface area (Å²) in [5.74, 6) is 0.926. The first kappa shape index (κ1) is 28.3. The van der Waals surface area contributed by atoms with Crippen molar-refractivity contribution in [3.8, 4) is 50.5 Å². The van der Waals surface area contributed by atoms with E-state index in [9.17, 15) is 0 Å². The highest BCUT2D eigenvalue weighted by molar-refractivity contribution is 6.18. The summed E-state index contributed by atoms with van der Waals surface area (Å²) in [6, 6.07) is 64.3. The number of furan rings is 1. The Bertz CT molecular complexity index is 2830. The van der Waals surface area contributed by atoms with Crippen molar-refractivity contribution in [1.82, 2.24) is 9.55 Å². The lowest BCUT2D eigenvalue weighted by Gasteiger charge is -2.12. The van der Waals surface area contributed by atoms with Gasteiger partial charge in [0.05, 0.1) is 11.0 Å². The highest BCUT2D eigenvalue weighted by atomic mass is 16.3. The van der Waals surface area contributed by atoms with Crippen LogP contribution in [-0.2, 0) is 0 Å². The summed E-state index contributed by atoms with van der Waals surface area (Å²) in [5, 5.41) is 4.69. The minimum atomic E-state index is 0.911. The quantitative estimate of drug-likeness (QED) is 0.188. The van der Waals surface area contributed by atoms with Crippen LogP contribution in [0.5, 0.6) is 0 Å². The van der Waals surface area contributed by atoms with Gasteiger partial charge in [-0.2, -0.15) is 0 Å². The van der Waals surface area contributed by atoms with E-state index in [1.165, 1.54) is 21.9 Å². The fourth-order valence-electron chi connectivity index (χ4n) is 7.36. The maximum absolute atomic E-state index is 6.50. The molecule has 0 aliphatic heterocycles. The third-order valence-corrected chi connectivity index (χ3v) is 9.83. The van der Waals surface area contributed by atoms with Crippen molar-refractivity contribution in [3.63, 3.8) is 0 Å². The van der Waals surface area contributed by atoms with Gasteiger partial charge < -0.3 is 4.42 Å². The second-order valence-corrected chi connectivity index (χ2v) is 12.8. The van der Waals surface area contributed by atoms with E-state index in [2.05, 4.69) is 162 Å². The Hall–Kier alpha value is -6.71.